The Balaban J connectivity index is 1.40. The van der Waals surface area contributed by atoms with Gasteiger partial charge in [-0.1, -0.05) is 16.8 Å². The summed E-state index contributed by atoms with van der Waals surface area (Å²) in [5, 5.41) is 4.71. The second-order valence-corrected chi connectivity index (χ2v) is 7.12. The number of halogens is 1. The number of carbonyl (C=O) groups is 1. The highest BCUT2D eigenvalue weighted by molar-refractivity contribution is 6.30. The van der Waals surface area contributed by atoms with Gasteiger partial charge in [0.1, 0.15) is 6.04 Å². The highest BCUT2D eigenvalue weighted by atomic mass is 35.5. The van der Waals surface area contributed by atoms with Crippen molar-refractivity contribution in [2.24, 2.45) is 0 Å². The Bertz CT molecular complexity index is 1030. The predicted molar refractivity (Wildman–Crippen MR) is 100 cm³/mol. The molecule has 2 aliphatic heterocycles. The van der Waals surface area contributed by atoms with Crippen LogP contribution in [0.2, 0.25) is 5.02 Å². The predicted octanol–water partition coefficient (Wildman–Crippen LogP) is 4.10. The molecule has 28 heavy (non-hydrogen) atoms. The zero-order valence-electron chi connectivity index (χ0n) is 14.8. The van der Waals surface area contributed by atoms with Gasteiger partial charge in [0.15, 0.2) is 11.5 Å². The first kappa shape index (κ1) is 17.1. The Morgan fingerprint density at radius 2 is 1.93 bits per heavy atom. The van der Waals surface area contributed by atoms with Crippen LogP contribution in [-0.4, -0.2) is 34.3 Å². The third kappa shape index (κ3) is 2.97. The van der Waals surface area contributed by atoms with Gasteiger partial charge >= 0.3 is 0 Å². The molecule has 1 amide bonds. The first-order valence-corrected chi connectivity index (χ1v) is 9.37. The smallest absolute Gasteiger partial charge is 0.254 e. The number of ether oxygens (including phenoxy) is 2. The number of hydrogen-bond acceptors (Lipinski definition) is 6. The van der Waals surface area contributed by atoms with Gasteiger partial charge in [-0.15, -0.1) is 0 Å². The molecular weight excluding hydrogens is 382 g/mol. The van der Waals surface area contributed by atoms with Crippen molar-refractivity contribution >= 4 is 17.5 Å². The summed E-state index contributed by atoms with van der Waals surface area (Å²) in [6.07, 6.45) is 1.65. The Kier molecular flexibility index (Phi) is 4.16. The molecule has 1 aromatic heterocycles. The van der Waals surface area contributed by atoms with Crippen LogP contribution in [0.1, 0.15) is 35.1 Å². The van der Waals surface area contributed by atoms with Gasteiger partial charge in [-0.25, -0.2) is 0 Å². The number of aromatic nitrogens is 2. The van der Waals surface area contributed by atoms with Crippen LogP contribution in [0.3, 0.4) is 0 Å². The second kappa shape index (κ2) is 6.83. The first-order chi connectivity index (χ1) is 13.7. The number of fused-ring (bicyclic) bond motifs is 1. The minimum atomic E-state index is -0.244. The number of amides is 1. The lowest BCUT2D eigenvalue weighted by Gasteiger charge is -2.22. The number of benzene rings is 2. The largest absolute Gasteiger partial charge is 0.454 e. The summed E-state index contributed by atoms with van der Waals surface area (Å²) in [5.41, 5.74) is 1.36. The molecular formula is C20H16ClN3O4. The fourth-order valence-corrected chi connectivity index (χ4v) is 3.67. The Hall–Kier alpha value is -3.06. The zero-order chi connectivity index (χ0) is 19.1. The minimum absolute atomic E-state index is 0.0907. The molecule has 2 aromatic carbocycles. The van der Waals surface area contributed by atoms with E-state index in [4.69, 9.17) is 25.6 Å². The van der Waals surface area contributed by atoms with Gasteiger partial charge < -0.3 is 18.9 Å². The number of nitrogens with zero attached hydrogens (tertiary/aromatic N) is 3. The van der Waals surface area contributed by atoms with Crippen LogP contribution in [0.15, 0.2) is 47.0 Å². The zero-order valence-corrected chi connectivity index (χ0v) is 15.6. The highest BCUT2D eigenvalue weighted by Crippen LogP contribution is 2.36. The molecule has 1 fully saturated rings. The summed E-state index contributed by atoms with van der Waals surface area (Å²) >= 11 is 5.93. The lowest BCUT2D eigenvalue weighted by molar-refractivity contribution is 0.0709. The average Bonchev–Trinajstić information content (AvgIpc) is 3.46. The van der Waals surface area contributed by atoms with Crippen LogP contribution in [0.4, 0.5) is 0 Å². The molecule has 5 rings (SSSR count). The van der Waals surface area contributed by atoms with Gasteiger partial charge in [0.05, 0.1) is 0 Å². The van der Waals surface area contributed by atoms with Gasteiger partial charge in [0.2, 0.25) is 18.5 Å². The maximum atomic E-state index is 13.1. The molecule has 1 unspecified atom stereocenters. The van der Waals surface area contributed by atoms with Crippen molar-refractivity contribution in [3.05, 3.63) is 58.9 Å². The van der Waals surface area contributed by atoms with Crippen LogP contribution in [0.25, 0.3) is 11.4 Å². The van der Waals surface area contributed by atoms with Gasteiger partial charge in [-0.05, 0) is 55.3 Å². The standard InChI is InChI=1S/C20H16ClN3O4/c21-14-6-3-12(4-7-14)18-22-19(28-23-18)15-2-1-9-24(15)20(25)13-5-8-16-17(10-13)27-11-26-16/h3-8,10,15H,1-2,9,11H2. The maximum absolute atomic E-state index is 13.1. The molecule has 0 saturated carbocycles. The molecule has 3 aromatic rings. The number of likely N-dealkylation sites (tertiary alicyclic amines) is 1. The quantitative estimate of drug-likeness (QED) is 0.662. The Morgan fingerprint density at radius 3 is 2.79 bits per heavy atom. The molecule has 1 saturated heterocycles. The van der Waals surface area contributed by atoms with E-state index in [1.54, 1.807) is 35.2 Å². The summed E-state index contributed by atoms with van der Waals surface area (Å²) in [7, 11) is 0. The lowest BCUT2D eigenvalue weighted by atomic mass is 10.1. The highest BCUT2D eigenvalue weighted by Gasteiger charge is 2.35. The Labute approximate surface area is 165 Å². The van der Waals surface area contributed by atoms with Crippen molar-refractivity contribution in [2.45, 2.75) is 18.9 Å². The van der Waals surface area contributed by atoms with E-state index in [-0.39, 0.29) is 18.7 Å². The van der Waals surface area contributed by atoms with Gasteiger partial charge in [-0.3, -0.25) is 4.79 Å². The molecule has 1 atom stereocenters. The van der Waals surface area contributed by atoms with E-state index in [9.17, 15) is 4.79 Å². The van der Waals surface area contributed by atoms with Crippen molar-refractivity contribution in [1.82, 2.24) is 15.0 Å². The van der Waals surface area contributed by atoms with Crippen molar-refractivity contribution in [3.63, 3.8) is 0 Å². The van der Waals surface area contributed by atoms with Gasteiger partial charge in [0.25, 0.3) is 5.91 Å². The molecule has 0 bridgehead atoms. The molecule has 0 aliphatic carbocycles. The van der Waals surface area contributed by atoms with E-state index in [0.29, 0.717) is 40.3 Å². The van der Waals surface area contributed by atoms with E-state index in [1.165, 1.54) is 0 Å². The SMILES string of the molecule is O=C(c1ccc2c(c1)OCO2)N1CCCC1c1nc(-c2ccc(Cl)cc2)no1. The van der Waals surface area contributed by atoms with Gasteiger partial charge in [-0.2, -0.15) is 4.98 Å². The molecule has 0 radical (unpaired) electrons. The third-order valence-corrected chi connectivity index (χ3v) is 5.21. The molecule has 0 N–H and O–H groups in total. The van der Waals surface area contributed by atoms with E-state index in [2.05, 4.69) is 10.1 Å². The Morgan fingerprint density at radius 1 is 1.11 bits per heavy atom. The van der Waals surface area contributed by atoms with Crippen LogP contribution in [0, 0.1) is 0 Å². The third-order valence-electron chi connectivity index (χ3n) is 4.96. The molecule has 142 valence electrons. The molecule has 3 heterocycles. The van der Waals surface area contributed by atoms with Crippen molar-refractivity contribution in [3.8, 4) is 22.9 Å². The van der Waals surface area contributed by atoms with E-state index in [0.717, 1.165) is 18.4 Å². The number of hydrogen-bond donors (Lipinski definition) is 0. The normalized spacial score (nSPS) is 17.9. The summed E-state index contributed by atoms with van der Waals surface area (Å²) in [6.45, 7) is 0.811. The van der Waals surface area contributed by atoms with E-state index >= 15 is 0 Å². The van der Waals surface area contributed by atoms with Crippen LogP contribution in [0.5, 0.6) is 11.5 Å². The molecule has 7 nitrogen and oxygen atoms in total. The fourth-order valence-electron chi connectivity index (χ4n) is 3.55. The van der Waals surface area contributed by atoms with E-state index in [1.807, 2.05) is 12.1 Å². The summed E-state index contributed by atoms with van der Waals surface area (Å²) in [4.78, 5) is 19.4. The minimum Gasteiger partial charge on any atom is -0.454 e. The van der Waals surface area contributed by atoms with Crippen molar-refractivity contribution in [1.29, 1.82) is 0 Å². The van der Waals surface area contributed by atoms with Crippen LogP contribution in [-0.2, 0) is 0 Å². The summed E-state index contributed by atoms with van der Waals surface area (Å²) in [5.74, 6) is 2.07. The van der Waals surface area contributed by atoms with Crippen LogP contribution < -0.4 is 9.47 Å². The lowest BCUT2D eigenvalue weighted by Crippen LogP contribution is -2.30. The van der Waals surface area contributed by atoms with Crippen molar-refractivity contribution in [2.75, 3.05) is 13.3 Å². The van der Waals surface area contributed by atoms with E-state index < -0.39 is 0 Å². The monoisotopic (exact) mass is 397 g/mol. The topological polar surface area (TPSA) is 77.7 Å². The summed E-state index contributed by atoms with van der Waals surface area (Å²) in [6, 6.07) is 12.2. The molecule has 2 aliphatic rings. The van der Waals surface area contributed by atoms with Crippen LogP contribution >= 0.6 is 11.6 Å². The fraction of sp³-hybridized carbons (Fsp3) is 0.250. The summed E-state index contributed by atoms with van der Waals surface area (Å²) < 4.78 is 16.2. The number of carbonyl (C=O) groups excluding carboxylic acids is 1. The average molecular weight is 398 g/mol. The number of rotatable bonds is 3. The second-order valence-electron chi connectivity index (χ2n) is 6.69. The molecule has 0 spiro atoms. The molecule has 8 heteroatoms. The first-order valence-electron chi connectivity index (χ1n) is 8.99. The maximum Gasteiger partial charge on any atom is 0.254 e. The van der Waals surface area contributed by atoms with Crippen molar-refractivity contribution < 1.29 is 18.8 Å². The van der Waals surface area contributed by atoms with Gasteiger partial charge in [0, 0.05) is 22.7 Å².